The van der Waals surface area contributed by atoms with Crippen molar-refractivity contribution in [3.63, 3.8) is 0 Å². The fourth-order valence-electron chi connectivity index (χ4n) is 1.35. The third kappa shape index (κ3) is 8.57. The summed E-state index contributed by atoms with van der Waals surface area (Å²) in [5, 5.41) is 0. The van der Waals surface area contributed by atoms with Gasteiger partial charge in [-0.05, 0) is 12.6 Å². The molecule has 0 amide bonds. The van der Waals surface area contributed by atoms with Gasteiger partial charge >= 0.3 is 6.92 Å². The Morgan fingerprint density at radius 2 is 1.50 bits per heavy atom. The maximum atomic E-state index is 10.9. The smallest absolute Gasteiger partial charge is 0.317 e. The lowest BCUT2D eigenvalue weighted by Crippen LogP contribution is -2.21. The van der Waals surface area contributed by atoms with E-state index in [9.17, 15) is 8.42 Å². The summed E-state index contributed by atoms with van der Waals surface area (Å²) >= 11 is 0. The monoisotopic (exact) mass is 220 g/mol. The van der Waals surface area contributed by atoms with E-state index in [4.69, 9.17) is 4.10 Å². The lowest BCUT2D eigenvalue weighted by atomic mass is 9.60. The molecule has 0 saturated heterocycles. The molecule has 0 atom stereocenters. The molecule has 0 aliphatic carbocycles. The van der Waals surface area contributed by atoms with Gasteiger partial charge in [0.2, 0.25) is 0 Å². The molecule has 0 aromatic heterocycles. The van der Waals surface area contributed by atoms with E-state index in [1.807, 2.05) is 0 Å². The summed E-state index contributed by atoms with van der Waals surface area (Å²) in [6.07, 6.45) is 7.05. The average molecular weight is 220 g/mol. The largest absolute Gasteiger partial charge is 0.334 e. The molecule has 0 fully saturated rings. The normalized spacial score (nSPS) is 11.6. The van der Waals surface area contributed by atoms with Crippen LogP contribution < -0.4 is 0 Å². The minimum Gasteiger partial charge on any atom is -0.334 e. The van der Waals surface area contributed by atoms with Gasteiger partial charge in [0.15, 0.2) is 0 Å². The zero-order valence-electron chi connectivity index (χ0n) is 9.45. The van der Waals surface area contributed by atoms with Crippen molar-refractivity contribution in [3.05, 3.63) is 0 Å². The molecule has 0 spiro atoms. The summed E-state index contributed by atoms with van der Waals surface area (Å²) in [4.78, 5) is 0. The summed E-state index contributed by atoms with van der Waals surface area (Å²) in [6.45, 7) is 4.08. The minimum atomic E-state index is -3.28. The van der Waals surface area contributed by atoms with E-state index in [1.54, 1.807) is 0 Å². The van der Waals surface area contributed by atoms with E-state index in [0.717, 1.165) is 44.6 Å². The van der Waals surface area contributed by atoms with Crippen molar-refractivity contribution < 1.29 is 12.5 Å². The summed E-state index contributed by atoms with van der Waals surface area (Å²) in [6, 6.07) is 0. The fourth-order valence-corrected chi connectivity index (χ4v) is 2.04. The number of hydrogen-bond acceptors (Lipinski definition) is 3. The predicted octanol–water partition coefficient (Wildman–Crippen LogP) is 2.55. The van der Waals surface area contributed by atoms with Gasteiger partial charge in [0.05, 0.1) is 6.26 Å². The Kier molecular flexibility index (Phi) is 7.28. The van der Waals surface area contributed by atoms with Gasteiger partial charge in [0.1, 0.15) is 0 Å². The van der Waals surface area contributed by atoms with Crippen molar-refractivity contribution in [2.24, 2.45) is 0 Å². The Morgan fingerprint density at radius 3 is 1.79 bits per heavy atom. The van der Waals surface area contributed by atoms with Crippen LogP contribution in [0.25, 0.3) is 0 Å². The van der Waals surface area contributed by atoms with Gasteiger partial charge in [-0.2, -0.15) is 0 Å². The predicted molar refractivity (Wildman–Crippen MR) is 61.1 cm³/mol. The SMILES string of the molecule is CCCCB(CCCC)OS(C)(=O)=O. The first-order valence-electron chi connectivity index (χ1n) is 5.37. The zero-order chi connectivity index (χ0) is 11.0. The van der Waals surface area contributed by atoms with Crippen LogP contribution in [0.1, 0.15) is 39.5 Å². The molecule has 0 aromatic rings. The van der Waals surface area contributed by atoms with Crippen molar-refractivity contribution in [2.45, 2.75) is 52.2 Å². The molecule has 5 heteroatoms. The number of rotatable bonds is 8. The molecule has 3 nitrogen and oxygen atoms in total. The number of hydrogen-bond donors (Lipinski definition) is 0. The first-order chi connectivity index (χ1) is 6.49. The van der Waals surface area contributed by atoms with E-state index >= 15 is 0 Å². The van der Waals surface area contributed by atoms with Crippen LogP contribution in [0.2, 0.25) is 12.6 Å². The molecule has 84 valence electrons. The fraction of sp³-hybridized carbons (Fsp3) is 1.00. The Bertz CT molecular complexity index is 218. The second-order valence-electron chi connectivity index (χ2n) is 3.71. The van der Waals surface area contributed by atoms with Gasteiger partial charge in [0, 0.05) is 0 Å². The first-order valence-corrected chi connectivity index (χ1v) is 7.19. The van der Waals surface area contributed by atoms with Crippen molar-refractivity contribution >= 4 is 17.0 Å². The third-order valence-electron chi connectivity index (χ3n) is 2.07. The van der Waals surface area contributed by atoms with Gasteiger partial charge in [-0.3, -0.25) is 0 Å². The summed E-state index contributed by atoms with van der Waals surface area (Å²) in [7, 11) is -3.28. The molecule has 0 saturated carbocycles. The van der Waals surface area contributed by atoms with Gasteiger partial charge in [-0.1, -0.05) is 39.5 Å². The van der Waals surface area contributed by atoms with Gasteiger partial charge in [-0.15, -0.1) is 0 Å². The highest BCUT2D eigenvalue weighted by molar-refractivity contribution is 7.86. The molecular formula is C9H21BO3S. The molecule has 0 aromatic carbocycles. The molecule has 0 aliphatic heterocycles. The Balaban J connectivity index is 3.96. The second-order valence-corrected chi connectivity index (χ2v) is 5.31. The van der Waals surface area contributed by atoms with Crippen molar-refractivity contribution in [2.75, 3.05) is 6.26 Å². The third-order valence-corrected chi connectivity index (χ3v) is 2.69. The molecule has 0 radical (unpaired) electrons. The van der Waals surface area contributed by atoms with Crippen LogP contribution >= 0.6 is 0 Å². The Morgan fingerprint density at radius 1 is 1.07 bits per heavy atom. The zero-order valence-corrected chi connectivity index (χ0v) is 10.3. The summed E-state index contributed by atoms with van der Waals surface area (Å²) in [5.74, 6) is 0. The highest BCUT2D eigenvalue weighted by Crippen LogP contribution is 2.12. The van der Waals surface area contributed by atoms with Crippen molar-refractivity contribution in [1.29, 1.82) is 0 Å². The molecule has 0 rings (SSSR count). The van der Waals surface area contributed by atoms with E-state index in [1.165, 1.54) is 0 Å². The van der Waals surface area contributed by atoms with E-state index in [0.29, 0.717) is 0 Å². The molecule has 14 heavy (non-hydrogen) atoms. The lowest BCUT2D eigenvalue weighted by molar-refractivity contribution is 0.492. The maximum absolute atomic E-state index is 10.9. The Labute approximate surface area is 88.5 Å². The molecule has 0 aliphatic rings. The van der Waals surface area contributed by atoms with E-state index in [2.05, 4.69) is 13.8 Å². The van der Waals surface area contributed by atoms with E-state index < -0.39 is 10.1 Å². The molecule has 0 unspecified atom stereocenters. The second kappa shape index (κ2) is 7.29. The Hall–Kier alpha value is -0.0251. The van der Waals surface area contributed by atoms with Crippen LogP contribution in [0.3, 0.4) is 0 Å². The lowest BCUT2D eigenvalue weighted by Gasteiger charge is -2.11. The summed E-state index contributed by atoms with van der Waals surface area (Å²) in [5.41, 5.74) is 0. The molecule has 0 bridgehead atoms. The van der Waals surface area contributed by atoms with Crippen LogP contribution in [0, 0.1) is 0 Å². The topological polar surface area (TPSA) is 43.4 Å². The maximum Gasteiger partial charge on any atom is 0.317 e. The average Bonchev–Trinajstić information content (AvgIpc) is 2.07. The van der Waals surface area contributed by atoms with Crippen LogP contribution in [0.15, 0.2) is 0 Å². The van der Waals surface area contributed by atoms with Crippen LogP contribution in [-0.2, 0) is 14.2 Å². The van der Waals surface area contributed by atoms with Gasteiger partial charge in [0.25, 0.3) is 10.1 Å². The van der Waals surface area contributed by atoms with Crippen molar-refractivity contribution in [3.8, 4) is 0 Å². The highest BCUT2D eigenvalue weighted by Gasteiger charge is 2.19. The van der Waals surface area contributed by atoms with Crippen LogP contribution in [-0.4, -0.2) is 21.6 Å². The van der Waals surface area contributed by atoms with Gasteiger partial charge in [-0.25, -0.2) is 8.42 Å². The van der Waals surface area contributed by atoms with Crippen LogP contribution in [0.4, 0.5) is 0 Å². The molecular weight excluding hydrogens is 199 g/mol. The molecule has 0 heterocycles. The standard InChI is InChI=1S/C9H21BO3S/c1-4-6-8-10(9-7-5-2)13-14(3,11)12/h4-9H2,1-3H3. The van der Waals surface area contributed by atoms with E-state index in [-0.39, 0.29) is 6.92 Å². The van der Waals surface area contributed by atoms with Gasteiger partial charge < -0.3 is 4.10 Å². The summed E-state index contributed by atoms with van der Waals surface area (Å²) < 4.78 is 26.9. The van der Waals surface area contributed by atoms with Crippen LogP contribution in [0.5, 0.6) is 0 Å². The van der Waals surface area contributed by atoms with Crippen molar-refractivity contribution in [1.82, 2.24) is 0 Å². The molecule has 0 N–H and O–H groups in total. The highest BCUT2D eigenvalue weighted by atomic mass is 32.2. The first kappa shape index (κ1) is 14.0. The number of unbranched alkanes of at least 4 members (excludes halogenated alkanes) is 2. The minimum absolute atomic E-state index is 0.107. The quantitative estimate of drug-likeness (QED) is 0.590.